The molecule has 0 spiro atoms. The largest absolute Gasteiger partial charge is 0.360 e. The van der Waals surface area contributed by atoms with Gasteiger partial charge >= 0.3 is 0 Å². The molecular formula is C17H23N3O. The Morgan fingerprint density at radius 3 is 2.38 bits per heavy atom. The van der Waals surface area contributed by atoms with Crippen molar-refractivity contribution in [1.29, 1.82) is 5.26 Å². The van der Waals surface area contributed by atoms with Crippen molar-refractivity contribution in [3.63, 3.8) is 0 Å². The minimum absolute atomic E-state index is 0.0529. The van der Waals surface area contributed by atoms with Crippen LogP contribution in [0, 0.1) is 32.1 Å². The average Bonchev–Trinajstić information content (AvgIpc) is 2.41. The first-order valence-electron chi connectivity index (χ1n) is 7.14. The van der Waals surface area contributed by atoms with Gasteiger partial charge in [-0.15, -0.1) is 0 Å². The Morgan fingerprint density at radius 1 is 1.33 bits per heavy atom. The van der Waals surface area contributed by atoms with Crippen LogP contribution in [0.5, 0.6) is 0 Å². The summed E-state index contributed by atoms with van der Waals surface area (Å²) in [4.78, 5) is 11.9. The second-order valence-corrected chi connectivity index (χ2v) is 5.37. The Morgan fingerprint density at radius 2 is 1.90 bits per heavy atom. The number of nitriles is 1. The van der Waals surface area contributed by atoms with Gasteiger partial charge in [0.2, 0.25) is 0 Å². The van der Waals surface area contributed by atoms with E-state index in [1.54, 1.807) is 0 Å². The molecule has 0 fully saturated rings. The maximum absolute atomic E-state index is 11.9. The number of nitrogens with one attached hydrogen (secondary N) is 2. The zero-order chi connectivity index (χ0) is 16.0. The molecule has 0 saturated heterocycles. The Labute approximate surface area is 126 Å². The molecule has 21 heavy (non-hydrogen) atoms. The second-order valence-electron chi connectivity index (χ2n) is 5.37. The van der Waals surface area contributed by atoms with Crippen LogP contribution in [-0.4, -0.2) is 11.9 Å². The van der Waals surface area contributed by atoms with Crippen molar-refractivity contribution in [2.24, 2.45) is 0 Å². The van der Waals surface area contributed by atoms with Crippen molar-refractivity contribution >= 4 is 11.6 Å². The fraction of sp³-hybridized carbons (Fsp3) is 0.412. The van der Waals surface area contributed by atoms with Gasteiger partial charge in [0, 0.05) is 17.9 Å². The van der Waals surface area contributed by atoms with E-state index in [4.69, 9.17) is 5.26 Å². The van der Waals surface area contributed by atoms with E-state index in [1.807, 2.05) is 40.7 Å². The number of amides is 1. The van der Waals surface area contributed by atoms with Crippen molar-refractivity contribution in [1.82, 2.24) is 5.32 Å². The lowest BCUT2D eigenvalue weighted by Crippen LogP contribution is -2.33. The molecule has 0 aliphatic heterocycles. The first-order chi connectivity index (χ1) is 9.88. The predicted octanol–water partition coefficient (Wildman–Crippen LogP) is 3.35. The number of benzene rings is 1. The Kier molecular flexibility index (Phi) is 5.98. The van der Waals surface area contributed by atoms with Gasteiger partial charge in [-0.25, -0.2) is 0 Å². The van der Waals surface area contributed by atoms with E-state index in [2.05, 4.69) is 22.8 Å². The third kappa shape index (κ3) is 4.64. The van der Waals surface area contributed by atoms with E-state index in [9.17, 15) is 4.79 Å². The quantitative estimate of drug-likeness (QED) is 0.644. The molecule has 0 radical (unpaired) electrons. The number of nitrogens with zero attached hydrogens (tertiary/aromatic N) is 1. The van der Waals surface area contributed by atoms with E-state index >= 15 is 0 Å². The summed E-state index contributed by atoms with van der Waals surface area (Å²) >= 11 is 0. The maximum atomic E-state index is 11.9. The number of hydrogen-bond donors (Lipinski definition) is 2. The maximum Gasteiger partial charge on any atom is 0.263 e. The number of carbonyl (C=O) groups is 1. The summed E-state index contributed by atoms with van der Waals surface area (Å²) in [6.07, 6.45) is 2.30. The van der Waals surface area contributed by atoms with E-state index < -0.39 is 0 Å². The van der Waals surface area contributed by atoms with E-state index in [-0.39, 0.29) is 17.5 Å². The number of rotatable bonds is 5. The fourth-order valence-electron chi connectivity index (χ4n) is 2.10. The topological polar surface area (TPSA) is 64.9 Å². The summed E-state index contributed by atoms with van der Waals surface area (Å²) in [5.74, 6) is -0.346. The molecule has 1 aromatic rings. The van der Waals surface area contributed by atoms with Crippen LogP contribution in [0.4, 0.5) is 5.69 Å². The smallest absolute Gasteiger partial charge is 0.263 e. The zero-order valence-electron chi connectivity index (χ0n) is 13.4. The van der Waals surface area contributed by atoms with Gasteiger partial charge < -0.3 is 10.6 Å². The number of aryl methyl sites for hydroxylation is 3. The molecule has 4 heteroatoms. The second kappa shape index (κ2) is 7.49. The summed E-state index contributed by atoms with van der Waals surface area (Å²) in [6.45, 7) is 9.94. The summed E-state index contributed by atoms with van der Waals surface area (Å²) in [5.41, 5.74) is 4.38. The van der Waals surface area contributed by atoms with Gasteiger partial charge in [0.25, 0.3) is 5.91 Å². The number of hydrogen-bond acceptors (Lipinski definition) is 3. The van der Waals surface area contributed by atoms with Crippen molar-refractivity contribution in [3.05, 3.63) is 40.6 Å². The summed E-state index contributed by atoms with van der Waals surface area (Å²) in [7, 11) is 0. The van der Waals surface area contributed by atoms with Crippen LogP contribution in [0.25, 0.3) is 0 Å². The van der Waals surface area contributed by atoms with Crippen LogP contribution in [-0.2, 0) is 4.79 Å². The first kappa shape index (κ1) is 16.8. The van der Waals surface area contributed by atoms with Crippen molar-refractivity contribution < 1.29 is 4.79 Å². The standard InChI is InChI=1S/C17H23N3O/c1-6-14(5)20-17(21)15(9-18)10-19-16-12(3)7-11(2)8-13(16)4/h7-8,10,14,19H,6H2,1-5H3,(H,20,21)/b15-10-. The van der Waals surface area contributed by atoms with Crippen LogP contribution in [0.1, 0.15) is 37.0 Å². The normalized spacial score (nSPS) is 12.5. The summed E-state index contributed by atoms with van der Waals surface area (Å²) in [5, 5.41) is 15.0. The molecule has 0 aliphatic carbocycles. The Balaban J connectivity index is 2.92. The van der Waals surface area contributed by atoms with Crippen LogP contribution in [0.2, 0.25) is 0 Å². The van der Waals surface area contributed by atoms with Crippen molar-refractivity contribution in [2.45, 2.75) is 47.1 Å². The van der Waals surface area contributed by atoms with Gasteiger partial charge in [-0.1, -0.05) is 24.6 Å². The molecule has 1 rings (SSSR count). The Hall–Kier alpha value is -2.28. The zero-order valence-corrected chi connectivity index (χ0v) is 13.4. The molecule has 2 N–H and O–H groups in total. The molecule has 0 aliphatic rings. The molecule has 0 heterocycles. The lowest BCUT2D eigenvalue weighted by atomic mass is 10.1. The highest BCUT2D eigenvalue weighted by molar-refractivity contribution is 5.97. The van der Waals surface area contributed by atoms with Gasteiger partial charge in [0.15, 0.2) is 0 Å². The first-order valence-corrected chi connectivity index (χ1v) is 7.14. The molecular weight excluding hydrogens is 262 g/mol. The molecule has 112 valence electrons. The lowest BCUT2D eigenvalue weighted by Gasteiger charge is -2.13. The van der Waals surface area contributed by atoms with Gasteiger partial charge in [0.05, 0.1) is 0 Å². The lowest BCUT2D eigenvalue weighted by molar-refractivity contribution is -0.117. The number of anilines is 1. The fourth-order valence-corrected chi connectivity index (χ4v) is 2.10. The van der Waals surface area contributed by atoms with Crippen LogP contribution < -0.4 is 10.6 Å². The van der Waals surface area contributed by atoms with Gasteiger partial charge in [-0.2, -0.15) is 5.26 Å². The molecule has 1 atom stereocenters. The van der Waals surface area contributed by atoms with Crippen molar-refractivity contribution in [2.75, 3.05) is 5.32 Å². The minimum atomic E-state index is -0.346. The van der Waals surface area contributed by atoms with Gasteiger partial charge in [0.1, 0.15) is 11.6 Å². The third-order valence-electron chi connectivity index (χ3n) is 3.39. The molecule has 1 amide bonds. The number of carbonyl (C=O) groups excluding carboxylic acids is 1. The summed E-state index contributed by atoms with van der Waals surface area (Å²) in [6, 6.07) is 6.12. The molecule has 1 aromatic carbocycles. The third-order valence-corrected chi connectivity index (χ3v) is 3.39. The van der Waals surface area contributed by atoms with E-state index in [0.29, 0.717) is 0 Å². The molecule has 0 aromatic heterocycles. The van der Waals surface area contributed by atoms with Crippen LogP contribution >= 0.6 is 0 Å². The highest BCUT2D eigenvalue weighted by Crippen LogP contribution is 2.22. The minimum Gasteiger partial charge on any atom is -0.360 e. The molecule has 0 bridgehead atoms. The van der Waals surface area contributed by atoms with E-state index in [0.717, 1.165) is 23.2 Å². The Bertz CT molecular complexity index is 574. The SMILES string of the molecule is CCC(C)NC(=O)/C(C#N)=C\Nc1c(C)cc(C)cc1C. The van der Waals surface area contributed by atoms with Crippen LogP contribution in [0.3, 0.4) is 0 Å². The highest BCUT2D eigenvalue weighted by atomic mass is 16.1. The molecule has 1 unspecified atom stereocenters. The van der Waals surface area contributed by atoms with Crippen molar-refractivity contribution in [3.8, 4) is 6.07 Å². The van der Waals surface area contributed by atoms with Crippen LogP contribution in [0.15, 0.2) is 23.9 Å². The molecule has 0 saturated carbocycles. The predicted molar refractivity (Wildman–Crippen MR) is 85.9 cm³/mol. The monoisotopic (exact) mass is 285 g/mol. The van der Waals surface area contributed by atoms with Gasteiger partial charge in [-0.3, -0.25) is 4.79 Å². The van der Waals surface area contributed by atoms with E-state index in [1.165, 1.54) is 11.8 Å². The van der Waals surface area contributed by atoms with Gasteiger partial charge in [-0.05, 0) is 45.2 Å². The highest BCUT2D eigenvalue weighted by Gasteiger charge is 2.11. The summed E-state index contributed by atoms with van der Waals surface area (Å²) < 4.78 is 0. The average molecular weight is 285 g/mol. The molecule has 4 nitrogen and oxygen atoms in total.